The van der Waals surface area contributed by atoms with Crippen LogP contribution in [0.1, 0.15) is 23.5 Å². The molecule has 0 N–H and O–H groups in total. The zero-order valence-corrected chi connectivity index (χ0v) is 8.67. The van der Waals surface area contributed by atoms with Gasteiger partial charge in [0.25, 0.3) is 0 Å². The molecular weight excluding hydrogens is 192 g/mol. The summed E-state index contributed by atoms with van der Waals surface area (Å²) < 4.78 is 0. The van der Waals surface area contributed by atoms with Crippen LogP contribution in [0, 0.1) is 6.08 Å². The highest BCUT2D eigenvalue weighted by Crippen LogP contribution is 2.31. The van der Waals surface area contributed by atoms with E-state index in [-0.39, 0.29) is 0 Å². The summed E-state index contributed by atoms with van der Waals surface area (Å²) in [6, 6.07) is 8.45. The van der Waals surface area contributed by atoms with Gasteiger partial charge in [0.2, 0.25) is 0 Å². The SMILES string of the molecule is ClCC=CCC1[C]=Cc2ccccc21. The number of halogens is 1. The summed E-state index contributed by atoms with van der Waals surface area (Å²) in [4.78, 5) is 0. The second kappa shape index (κ2) is 4.47. The quantitative estimate of drug-likeness (QED) is 0.518. The van der Waals surface area contributed by atoms with Gasteiger partial charge in [-0.05, 0) is 23.6 Å². The van der Waals surface area contributed by atoms with Crippen molar-refractivity contribution < 1.29 is 0 Å². The third-order valence-corrected chi connectivity index (χ3v) is 2.62. The first-order chi connectivity index (χ1) is 6.92. The monoisotopic (exact) mass is 203 g/mol. The molecule has 1 heteroatoms. The zero-order valence-electron chi connectivity index (χ0n) is 7.91. The highest BCUT2D eigenvalue weighted by Gasteiger charge is 2.14. The van der Waals surface area contributed by atoms with Crippen LogP contribution in [0.5, 0.6) is 0 Å². The molecule has 0 aliphatic heterocycles. The van der Waals surface area contributed by atoms with Crippen molar-refractivity contribution in [3.63, 3.8) is 0 Å². The third kappa shape index (κ3) is 1.91. The van der Waals surface area contributed by atoms with Crippen molar-refractivity contribution in [3.05, 3.63) is 53.6 Å². The third-order valence-electron chi connectivity index (χ3n) is 2.44. The molecule has 1 aliphatic carbocycles. The lowest BCUT2D eigenvalue weighted by molar-refractivity contribution is 0.859. The second-order valence-electron chi connectivity index (χ2n) is 3.35. The molecule has 14 heavy (non-hydrogen) atoms. The fourth-order valence-electron chi connectivity index (χ4n) is 1.73. The van der Waals surface area contributed by atoms with E-state index in [1.165, 1.54) is 11.1 Å². The van der Waals surface area contributed by atoms with Gasteiger partial charge in [-0.2, -0.15) is 0 Å². The highest BCUT2D eigenvalue weighted by molar-refractivity contribution is 6.18. The van der Waals surface area contributed by atoms with Gasteiger partial charge in [0.1, 0.15) is 0 Å². The number of hydrogen-bond acceptors (Lipinski definition) is 0. The molecular formula is C13H12Cl. The number of alkyl halides is 1. The Bertz CT molecular complexity index is 363. The van der Waals surface area contributed by atoms with Crippen molar-refractivity contribution in [3.8, 4) is 0 Å². The van der Waals surface area contributed by atoms with Crippen LogP contribution < -0.4 is 0 Å². The lowest BCUT2D eigenvalue weighted by Crippen LogP contribution is -1.91. The van der Waals surface area contributed by atoms with Crippen LogP contribution in [0.25, 0.3) is 6.08 Å². The summed E-state index contributed by atoms with van der Waals surface area (Å²) in [5, 5.41) is 0. The van der Waals surface area contributed by atoms with Crippen molar-refractivity contribution in [1.82, 2.24) is 0 Å². The maximum Gasteiger partial charge on any atom is 0.0404 e. The Labute approximate surface area is 89.9 Å². The molecule has 1 unspecified atom stereocenters. The number of rotatable bonds is 3. The van der Waals surface area contributed by atoms with Crippen LogP contribution in [0.4, 0.5) is 0 Å². The van der Waals surface area contributed by atoms with E-state index in [2.05, 4.69) is 42.5 Å². The van der Waals surface area contributed by atoms with Gasteiger partial charge in [-0.3, -0.25) is 0 Å². The van der Waals surface area contributed by atoms with Gasteiger partial charge in [-0.15, -0.1) is 11.6 Å². The standard InChI is InChI=1S/C13H12Cl/c14-10-4-3-6-12-9-8-11-5-1-2-7-13(11)12/h1-5,7-8,12H,6,10H2. The molecule has 0 amide bonds. The Hall–Kier alpha value is -1.01. The minimum atomic E-state index is 0.422. The van der Waals surface area contributed by atoms with Crippen molar-refractivity contribution in [2.45, 2.75) is 12.3 Å². The first-order valence-electron chi connectivity index (χ1n) is 4.81. The Morgan fingerprint density at radius 3 is 3.00 bits per heavy atom. The summed E-state index contributed by atoms with van der Waals surface area (Å²) in [5.74, 6) is 1.02. The van der Waals surface area contributed by atoms with E-state index in [9.17, 15) is 0 Å². The molecule has 1 aromatic rings. The first kappa shape index (κ1) is 9.54. The van der Waals surface area contributed by atoms with E-state index in [1.54, 1.807) is 0 Å². The average molecular weight is 204 g/mol. The van der Waals surface area contributed by atoms with Gasteiger partial charge < -0.3 is 0 Å². The van der Waals surface area contributed by atoms with Gasteiger partial charge in [-0.1, -0.05) is 42.5 Å². The summed E-state index contributed by atoms with van der Waals surface area (Å²) in [7, 11) is 0. The summed E-state index contributed by atoms with van der Waals surface area (Å²) in [6.45, 7) is 0. The number of hydrogen-bond donors (Lipinski definition) is 0. The molecule has 0 heterocycles. The second-order valence-corrected chi connectivity index (χ2v) is 3.66. The van der Waals surface area contributed by atoms with Gasteiger partial charge in [-0.25, -0.2) is 0 Å². The van der Waals surface area contributed by atoms with Crippen LogP contribution in [-0.4, -0.2) is 5.88 Å². The predicted molar refractivity (Wildman–Crippen MR) is 61.4 cm³/mol. The molecule has 2 rings (SSSR count). The molecule has 1 atom stereocenters. The summed E-state index contributed by atoms with van der Waals surface area (Å²) in [5.41, 5.74) is 2.68. The Morgan fingerprint density at radius 1 is 1.29 bits per heavy atom. The minimum Gasteiger partial charge on any atom is -0.122 e. The molecule has 71 valence electrons. The van der Waals surface area contributed by atoms with Crippen LogP contribution in [-0.2, 0) is 0 Å². The predicted octanol–water partition coefficient (Wildman–Crippen LogP) is 3.79. The summed E-state index contributed by atoms with van der Waals surface area (Å²) in [6.07, 6.45) is 10.6. The van der Waals surface area contributed by atoms with Crippen molar-refractivity contribution >= 4 is 17.7 Å². The first-order valence-corrected chi connectivity index (χ1v) is 5.34. The van der Waals surface area contributed by atoms with E-state index < -0.39 is 0 Å². The maximum absolute atomic E-state index is 5.57. The van der Waals surface area contributed by atoms with Crippen LogP contribution >= 0.6 is 11.6 Å². The van der Waals surface area contributed by atoms with Gasteiger partial charge in [0.05, 0.1) is 0 Å². The molecule has 0 bridgehead atoms. The lowest BCUT2D eigenvalue weighted by Gasteiger charge is -2.06. The largest absolute Gasteiger partial charge is 0.122 e. The van der Waals surface area contributed by atoms with Crippen molar-refractivity contribution in [2.75, 3.05) is 5.88 Å². The molecule has 1 aromatic carbocycles. The molecule has 0 nitrogen and oxygen atoms in total. The molecule has 1 aliphatic rings. The van der Waals surface area contributed by atoms with Crippen LogP contribution in [0.2, 0.25) is 0 Å². The average Bonchev–Trinajstić information content (AvgIpc) is 2.63. The van der Waals surface area contributed by atoms with Crippen molar-refractivity contribution in [1.29, 1.82) is 0 Å². The van der Waals surface area contributed by atoms with E-state index in [4.69, 9.17) is 11.6 Å². The highest BCUT2D eigenvalue weighted by atomic mass is 35.5. The van der Waals surface area contributed by atoms with E-state index in [0.717, 1.165) is 6.42 Å². The Morgan fingerprint density at radius 2 is 2.14 bits per heavy atom. The van der Waals surface area contributed by atoms with Gasteiger partial charge in [0, 0.05) is 11.8 Å². The van der Waals surface area contributed by atoms with Crippen LogP contribution in [0.15, 0.2) is 36.4 Å². The zero-order chi connectivity index (χ0) is 9.80. The lowest BCUT2D eigenvalue weighted by atomic mass is 9.98. The molecule has 1 radical (unpaired) electrons. The summed E-state index contributed by atoms with van der Waals surface area (Å²) >= 11 is 5.57. The van der Waals surface area contributed by atoms with Crippen LogP contribution in [0.3, 0.4) is 0 Å². The van der Waals surface area contributed by atoms with E-state index >= 15 is 0 Å². The molecule has 0 spiro atoms. The number of fused-ring (bicyclic) bond motifs is 1. The Balaban J connectivity index is 2.11. The van der Waals surface area contributed by atoms with Gasteiger partial charge in [0.15, 0.2) is 0 Å². The smallest absolute Gasteiger partial charge is 0.0404 e. The fraction of sp³-hybridized carbons (Fsp3) is 0.231. The number of benzene rings is 1. The molecule has 0 saturated carbocycles. The van der Waals surface area contributed by atoms with Crippen molar-refractivity contribution in [2.24, 2.45) is 0 Å². The van der Waals surface area contributed by atoms with E-state index in [0.29, 0.717) is 11.8 Å². The minimum absolute atomic E-state index is 0.422. The van der Waals surface area contributed by atoms with Gasteiger partial charge >= 0.3 is 0 Å². The Kier molecular flexibility index (Phi) is 3.05. The normalized spacial score (nSPS) is 19.1. The molecule has 0 saturated heterocycles. The fourth-order valence-corrected chi connectivity index (χ4v) is 1.86. The van der Waals surface area contributed by atoms with E-state index in [1.807, 2.05) is 6.08 Å². The number of allylic oxidation sites excluding steroid dienone is 3. The maximum atomic E-state index is 5.57. The topological polar surface area (TPSA) is 0 Å². The molecule has 0 fully saturated rings. The molecule has 0 aromatic heterocycles.